The highest BCUT2D eigenvalue weighted by atomic mass is 32.2. The number of aromatic nitrogens is 1. The van der Waals surface area contributed by atoms with Crippen molar-refractivity contribution < 1.29 is 8.60 Å². The highest BCUT2D eigenvalue weighted by Gasteiger charge is 2.28. The van der Waals surface area contributed by atoms with Crippen molar-refractivity contribution in [1.29, 1.82) is 0 Å². The smallest absolute Gasteiger partial charge is 0.141 e. The highest BCUT2D eigenvalue weighted by Crippen LogP contribution is 2.21. The molecule has 0 aromatic carbocycles. The molecule has 1 N–H and O–H groups in total. The van der Waals surface area contributed by atoms with Crippen molar-refractivity contribution in [3.8, 4) is 0 Å². The molecule has 2 rings (SSSR count). The Morgan fingerprint density at radius 2 is 2.40 bits per heavy atom. The molecule has 15 heavy (non-hydrogen) atoms. The number of rotatable bonds is 1. The normalized spacial score (nSPS) is 31.5. The summed E-state index contributed by atoms with van der Waals surface area (Å²) in [6.07, 6.45) is 1.20. The molecular weight excluding hydrogens is 215 g/mol. The second-order valence-electron chi connectivity index (χ2n) is 3.62. The van der Waals surface area contributed by atoms with E-state index < -0.39 is 10.8 Å². The molecule has 82 valence electrons. The van der Waals surface area contributed by atoms with Gasteiger partial charge in [0, 0.05) is 23.1 Å². The van der Waals surface area contributed by atoms with Crippen LogP contribution in [0.15, 0.2) is 18.3 Å². The summed E-state index contributed by atoms with van der Waals surface area (Å²) in [6.45, 7) is 2.65. The third-order valence-corrected chi connectivity index (χ3v) is 4.33. The molecule has 3 unspecified atom stereocenters. The van der Waals surface area contributed by atoms with Gasteiger partial charge in [0.1, 0.15) is 5.82 Å². The van der Waals surface area contributed by atoms with Crippen LogP contribution in [0.3, 0.4) is 0 Å². The van der Waals surface area contributed by atoms with Crippen LogP contribution in [0.2, 0.25) is 0 Å². The minimum Gasteiger partial charge on any atom is -0.307 e. The van der Waals surface area contributed by atoms with Crippen LogP contribution in [0.25, 0.3) is 0 Å². The molecule has 1 fully saturated rings. The van der Waals surface area contributed by atoms with Gasteiger partial charge in [-0.25, -0.2) is 4.39 Å². The van der Waals surface area contributed by atoms with E-state index in [1.54, 1.807) is 6.07 Å². The molecule has 0 radical (unpaired) electrons. The van der Waals surface area contributed by atoms with Gasteiger partial charge in [0.15, 0.2) is 0 Å². The second-order valence-corrected chi connectivity index (χ2v) is 5.54. The average Bonchev–Trinajstić information content (AvgIpc) is 2.24. The van der Waals surface area contributed by atoms with Crippen LogP contribution in [0, 0.1) is 5.82 Å². The fourth-order valence-electron chi connectivity index (χ4n) is 1.73. The van der Waals surface area contributed by atoms with E-state index >= 15 is 0 Å². The molecule has 1 aliphatic heterocycles. The molecule has 3 nitrogen and oxygen atoms in total. The van der Waals surface area contributed by atoms with E-state index in [1.807, 2.05) is 6.92 Å². The zero-order valence-electron chi connectivity index (χ0n) is 8.44. The summed E-state index contributed by atoms with van der Waals surface area (Å²) in [5, 5.41) is 3.28. The van der Waals surface area contributed by atoms with E-state index in [4.69, 9.17) is 0 Å². The van der Waals surface area contributed by atoms with Crippen LogP contribution in [0.5, 0.6) is 0 Å². The van der Waals surface area contributed by atoms with Crippen molar-refractivity contribution >= 4 is 10.8 Å². The summed E-state index contributed by atoms with van der Waals surface area (Å²) in [5.41, 5.74) is 0.761. The lowest BCUT2D eigenvalue weighted by atomic mass is 10.1. The van der Waals surface area contributed by atoms with Crippen molar-refractivity contribution in [3.63, 3.8) is 0 Å². The molecule has 0 amide bonds. The molecule has 3 atom stereocenters. The molecule has 1 aromatic heterocycles. The van der Waals surface area contributed by atoms with Crippen molar-refractivity contribution in [1.82, 2.24) is 10.3 Å². The van der Waals surface area contributed by atoms with Gasteiger partial charge in [0.2, 0.25) is 0 Å². The molecule has 0 saturated carbocycles. The Labute approximate surface area is 90.6 Å². The fraction of sp³-hybridized carbons (Fsp3) is 0.500. The van der Waals surface area contributed by atoms with Gasteiger partial charge in [-0.15, -0.1) is 0 Å². The standard InChI is InChI=1S/C10H13FN2OS/c1-7-10(12-4-5-15(7)14)9-3-2-8(11)6-13-9/h2-3,6-7,10,12H,4-5H2,1H3. The number of hydrogen-bond acceptors (Lipinski definition) is 3. The predicted octanol–water partition coefficient (Wildman–Crippen LogP) is 1.00. The first-order valence-electron chi connectivity index (χ1n) is 4.90. The molecular formula is C10H13FN2OS. The lowest BCUT2D eigenvalue weighted by Crippen LogP contribution is -2.42. The van der Waals surface area contributed by atoms with E-state index in [0.29, 0.717) is 5.75 Å². The van der Waals surface area contributed by atoms with Crippen molar-refractivity contribution in [2.45, 2.75) is 18.2 Å². The molecule has 0 aliphatic carbocycles. The van der Waals surface area contributed by atoms with E-state index in [-0.39, 0.29) is 17.1 Å². The summed E-state index contributed by atoms with van der Waals surface area (Å²) in [4.78, 5) is 4.01. The summed E-state index contributed by atoms with van der Waals surface area (Å²) in [5.74, 6) is 0.335. The first-order valence-corrected chi connectivity index (χ1v) is 6.28. The number of halogens is 1. The Bertz CT molecular complexity index is 368. The van der Waals surface area contributed by atoms with Crippen LogP contribution in [-0.2, 0) is 10.8 Å². The van der Waals surface area contributed by atoms with Crippen LogP contribution in [0.4, 0.5) is 4.39 Å². The van der Waals surface area contributed by atoms with Gasteiger partial charge in [-0.3, -0.25) is 9.19 Å². The first kappa shape index (κ1) is 10.7. The molecule has 2 heterocycles. The number of nitrogens with one attached hydrogen (secondary N) is 1. The third-order valence-electron chi connectivity index (χ3n) is 2.62. The summed E-state index contributed by atoms with van der Waals surface area (Å²) in [7, 11) is -0.817. The Morgan fingerprint density at radius 3 is 3.07 bits per heavy atom. The summed E-state index contributed by atoms with van der Waals surface area (Å²) >= 11 is 0. The number of pyridine rings is 1. The van der Waals surface area contributed by atoms with Gasteiger partial charge < -0.3 is 5.32 Å². The fourth-order valence-corrected chi connectivity index (χ4v) is 2.96. The Hall–Kier alpha value is -0.810. The maximum atomic E-state index is 12.7. The first-order chi connectivity index (χ1) is 7.18. The van der Waals surface area contributed by atoms with Crippen LogP contribution in [0.1, 0.15) is 18.7 Å². The van der Waals surface area contributed by atoms with Crippen molar-refractivity contribution in [2.75, 3.05) is 12.3 Å². The van der Waals surface area contributed by atoms with E-state index in [9.17, 15) is 8.60 Å². The Balaban J connectivity index is 2.22. The van der Waals surface area contributed by atoms with Gasteiger partial charge in [-0.2, -0.15) is 0 Å². The largest absolute Gasteiger partial charge is 0.307 e. The molecule has 5 heteroatoms. The van der Waals surface area contributed by atoms with Crippen LogP contribution in [-0.4, -0.2) is 26.7 Å². The maximum Gasteiger partial charge on any atom is 0.141 e. The third kappa shape index (κ3) is 2.23. The highest BCUT2D eigenvalue weighted by molar-refractivity contribution is 7.85. The van der Waals surface area contributed by atoms with Crippen molar-refractivity contribution in [2.24, 2.45) is 0 Å². The Kier molecular flexibility index (Phi) is 3.11. The van der Waals surface area contributed by atoms with Crippen LogP contribution >= 0.6 is 0 Å². The van der Waals surface area contributed by atoms with Gasteiger partial charge >= 0.3 is 0 Å². The minimum absolute atomic E-state index is 0.0247. The second kappa shape index (κ2) is 4.37. The zero-order valence-corrected chi connectivity index (χ0v) is 9.26. The van der Waals surface area contributed by atoms with E-state index in [1.165, 1.54) is 12.3 Å². The molecule has 0 bridgehead atoms. The molecule has 1 saturated heterocycles. The minimum atomic E-state index is -0.817. The van der Waals surface area contributed by atoms with Gasteiger partial charge in [0.05, 0.1) is 23.2 Å². The summed E-state index contributed by atoms with van der Waals surface area (Å²) < 4.78 is 24.3. The van der Waals surface area contributed by atoms with Crippen LogP contribution < -0.4 is 5.32 Å². The molecule has 0 spiro atoms. The SMILES string of the molecule is CC1C(c2ccc(F)cn2)NCCS1=O. The summed E-state index contributed by atoms with van der Waals surface area (Å²) in [6, 6.07) is 3.00. The van der Waals surface area contributed by atoms with E-state index in [0.717, 1.165) is 12.2 Å². The average molecular weight is 228 g/mol. The topological polar surface area (TPSA) is 42.0 Å². The Morgan fingerprint density at radius 1 is 1.60 bits per heavy atom. The lowest BCUT2D eigenvalue weighted by molar-refractivity contribution is 0.501. The van der Waals surface area contributed by atoms with Gasteiger partial charge in [-0.05, 0) is 19.1 Å². The van der Waals surface area contributed by atoms with Gasteiger partial charge in [-0.1, -0.05) is 0 Å². The maximum absolute atomic E-state index is 12.7. The lowest BCUT2D eigenvalue weighted by Gasteiger charge is -2.28. The molecule has 1 aliphatic rings. The number of nitrogens with zero attached hydrogens (tertiary/aromatic N) is 1. The van der Waals surface area contributed by atoms with Gasteiger partial charge in [0.25, 0.3) is 0 Å². The monoisotopic (exact) mass is 228 g/mol. The quantitative estimate of drug-likeness (QED) is 0.779. The zero-order chi connectivity index (χ0) is 10.8. The number of hydrogen-bond donors (Lipinski definition) is 1. The van der Waals surface area contributed by atoms with E-state index in [2.05, 4.69) is 10.3 Å². The predicted molar refractivity (Wildman–Crippen MR) is 57.4 cm³/mol. The van der Waals surface area contributed by atoms with Crippen molar-refractivity contribution in [3.05, 3.63) is 29.8 Å². The molecule has 1 aromatic rings.